The van der Waals surface area contributed by atoms with Gasteiger partial charge in [-0.1, -0.05) is 6.92 Å². The topological polar surface area (TPSA) is 35.2 Å². The Hall–Kier alpha value is -0.380. The first-order valence-electron chi connectivity index (χ1n) is 5.71. The molecule has 1 saturated carbocycles. The zero-order chi connectivity index (χ0) is 10.7. The summed E-state index contributed by atoms with van der Waals surface area (Å²) in [6.45, 7) is 3.79. The summed E-state index contributed by atoms with van der Waals surface area (Å²) in [6, 6.07) is 4.38. The van der Waals surface area contributed by atoms with Crippen LogP contribution < -0.4 is 5.73 Å². The Morgan fingerprint density at radius 2 is 2.13 bits per heavy atom. The van der Waals surface area contributed by atoms with Crippen molar-refractivity contribution in [3.63, 3.8) is 0 Å². The minimum absolute atomic E-state index is 0.464. The number of rotatable bonds is 5. The summed E-state index contributed by atoms with van der Waals surface area (Å²) in [7, 11) is 0. The Bertz CT molecular complexity index is 304. The van der Waals surface area contributed by atoms with Gasteiger partial charge >= 0.3 is 0 Å². The second-order valence-electron chi connectivity index (χ2n) is 4.23. The van der Waals surface area contributed by atoms with Gasteiger partial charge in [-0.15, -0.1) is 11.3 Å². The molecule has 1 aliphatic carbocycles. The number of ether oxygens (including phenoxy) is 1. The van der Waals surface area contributed by atoms with Crippen LogP contribution in [-0.4, -0.2) is 12.6 Å². The van der Waals surface area contributed by atoms with E-state index >= 15 is 0 Å². The van der Waals surface area contributed by atoms with Crippen LogP contribution in [0, 0.1) is 5.92 Å². The molecule has 0 aliphatic heterocycles. The van der Waals surface area contributed by atoms with Gasteiger partial charge in [0.2, 0.25) is 0 Å². The Morgan fingerprint density at radius 1 is 1.40 bits per heavy atom. The van der Waals surface area contributed by atoms with Crippen LogP contribution in [0.2, 0.25) is 0 Å². The second kappa shape index (κ2) is 5.10. The Kier molecular flexibility index (Phi) is 3.78. The lowest BCUT2D eigenvalue weighted by Crippen LogP contribution is -2.35. The fraction of sp³-hybridized carbons (Fsp3) is 0.667. The van der Waals surface area contributed by atoms with E-state index in [1.165, 1.54) is 9.75 Å². The van der Waals surface area contributed by atoms with E-state index in [1.807, 2.05) is 11.3 Å². The molecule has 1 aromatic heterocycles. The van der Waals surface area contributed by atoms with E-state index in [9.17, 15) is 0 Å². The largest absolute Gasteiger partial charge is 0.373 e. The predicted octanol–water partition coefficient (Wildman–Crippen LogP) is 2.56. The number of aryl methyl sites for hydroxylation is 1. The number of thiophene rings is 1. The van der Waals surface area contributed by atoms with Gasteiger partial charge in [0.1, 0.15) is 0 Å². The average Bonchev–Trinajstić information content (AvgIpc) is 2.64. The number of hydrogen-bond donors (Lipinski definition) is 1. The molecule has 0 radical (unpaired) electrons. The van der Waals surface area contributed by atoms with Crippen LogP contribution in [0.25, 0.3) is 0 Å². The fourth-order valence-electron chi connectivity index (χ4n) is 1.89. The first-order chi connectivity index (χ1) is 7.31. The van der Waals surface area contributed by atoms with Crippen molar-refractivity contribution in [2.24, 2.45) is 11.7 Å². The quantitative estimate of drug-likeness (QED) is 0.836. The number of hydrogen-bond acceptors (Lipinski definition) is 3. The molecule has 2 rings (SSSR count). The van der Waals surface area contributed by atoms with Crippen LogP contribution in [0.3, 0.4) is 0 Å². The van der Waals surface area contributed by atoms with E-state index in [0.29, 0.717) is 12.0 Å². The van der Waals surface area contributed by atoms with E-state index in [1.54, 1.807) is 0 Å². The zero-order valence-electron chi connectivity index (χ0n) is 9.24. The van der Waals surface area contributed by atoms with Crippen molar-refractivity contribution in [3.8, 4) is 0 Å². The van der Waals surface area contributed by atoms with Crippen molar-refractivity contribution >= 4 is 11.3 Å². The SMILES string of the molecule is CCc1ccc(COC2CC(CN)C2)s1. The highest BCUT2D eigenvalue weighted by Crippen LogP contribution is 2.30. The van der Waals surface area contributed by atoms with Crippen molar-refractivity contribution in [1.29, 1.82) is 0 Å². The van der Waals surface area contributed by atoms with E-state index in [-0.39, 0.29) is 0 Å². The first kappa shape index (κ1) is 11.1. The lowest BCUT2D eigenvalue weighted by Gasteiger charge is -2.34. The van der Waals surface area contributed by atoms with Gasteiger partial charge < -0.3 is 10.5 Å². The van der Waals surface area contributed by atoms with Gasteiger partial charge in [-0.3, -0.25) is 0 Å². The highest BCUT2D eigenvalue weighted by molar-refractivity contribution is 7.11. The van der Waals surface area contributed by atoms with E-state index in [2.05, 4.69) is 19.1 Å². The number of nitrogens with two attached hydrogens (primary N) is 1. The third kappa shape index (κ3) is 2.80. The van der Waals surface area contributed by atoms with Crippen molar-refractivity contribution in [1.82, 2.24) is 0 Å². The summed E-state index contributed by atoms with van der Waals surface area (Å²) in [5.41, 5.74) is 5.57. The smallest absolute Gasteiger partial charge is 0.0813 e. The lowest BCUT2D eigenvalue weighted by molar-refractivity contribution is -0.0365. The van der Waals surface area contributed by atoms with Gasteiger partial charge in [-0.2, -0.15) is 0 Å². The van der Waals surface area contributed by atoms with E-state index in [0.717, 1.165) is 32.4 Å². The van der Waals surface area contributed by atoms with Crippen molar-refractivity contribution in [2.75, 3.05) is 6.54 Å². The van der Waals surface area contributed by atoms with Crippen LogP contribution in [0.4, 0.5) is 0 Å². The second-order valence-corrected chi connectivity index (χ2v) is 5.48. The van der Waals surface area contributed by atoms with Crippen LogP contribution in [0.1, 0.15) is 29.5 Å². The highest BCUT2D eigenvalue weighted by atomic mass is 32.1. The molecule has 15 heavy (non-hydrogen) atoms. The molecule has 0 atom stereocenters. The summed E-state index contributed by atoms with van der Waals surface area (Å²) in [4.78, 5) is 2.80. The predicted molar refractivity (Wildman–Crippen MR) is 64.1 cm³/mol. The summed E-state index contributed by atoms with van der Waals surface area (Å²) in [5.74, 6) is 0.713. The van der Waals surface area contributed by atoms with Gasteiger partial charge in [0.25, 0.3) is 0 Å². The molecule has 2 nitrogen and oxygen atoms in total. The van der Waals surface area contributed by atoms with Crippen LogP contribution >= 0.6 is 11.3 Å². The molecule has 2 N–H and O–H groups in total. The molecule has 0 aromatic carbocycles. The molecule has 0 unspecified atom stereocenters. The molecule has 1 fully saturated rings. The highest BCUT2D eigenvalue weighted by Gasteiger charge is 2.28. The van der Waals surface area contributed by atoms with Crippen molar-refractivity contribution < 1.29 is 4.74 Å². The maximum absolute atomic E-state index is 5.81. The Labute approximate surface area is 95.4 Å². The van der Waals surface area contributed by atoms with Crippen LogP contribution in [0.5, 0.6) is 0 Å². The van der Waals surface area contributed by atoms with Crippen molar-refractivity contribution in [3.05, 3.63) is 21.9 Å². The standard InChI is InChI=1S/C12H19NOS/c1-2-11-3-4-12(15-11)8-14-10-5-9(6-10)7-13/h3-4,9-10H,2,5-8,13H2,1H3. The van der Waals surface area contributed by atoms with Gasteiger partial charge in [0.15, 0.2) is 0 Å². The first-order valence-corrected chi connectivity index (χ1v) is 6.52. The molecule has 0 bridgehead atoms. The average molecular weight is 225 g/mol. The summed E-state index contributed by atoms with van der Waals surface area (Å²) in [5, 5.41) is 0. The van der Waals surface area contributed by atoms with Gasteiger partial charge in [-0.05, 0) is 43.9 Å². The normalized spacial score (nSPS) is 25.2. The maximum Gasteiger partial charge on any atom is 0.0813 e. The summed E-state index contributed by atoms with van der Waals surface area (Å²) >= 11 is 1.87. The van der Waals surface area contributed by atoms with E-state index in [4.69, 9.17) is 10.5 Å². The van der Waals surface area contributed by atoms with Crippen LogP contribution in [0.15, 0.2) is 12.1 Å². The van der Waals surface area contributed by atoms with Gasteiger partial charge in [0, 0.05) is 9.75 Å². The summed E-state index contributed by atoms with van der Waals surface area (Å²) in [6.07, 6.45) is 3.90. The lowest BCUT2D eigenvalue weighted by atomic mass is 9.82. The Morgan fingerprint density at radius 3 is 2.73 bits per heavy atom. The molecule has 1 heterocycles. The van der Waals surface area contributed by atoms with Crippen LogP contribution in [-0.2, 0) is 17.8 Å². The molecular formula is C12H19NOS. The monoisotopic (exact) mass is 225 g/mol. The molecule has 0 spiro atoms. The molecule has 84 valence electrons. The molecular weight excluding hydrogens is 206 g/mol. The molecule has 1 aromatic rings. The van der Waals surface area contributed by atoms with Crippen molar-refractivity contribution in [2.45, 2.75) is 38.9 Å². The third-order valence-electron chi connectivity index (χ3n) is 3.05. The third-order valence-corrected chi connectivity index (χ3v) is 4.26. The molecule has 0 saturated heterocycles. The summed E-state index contributed by atoms with van der Waals surface area (Å²) < 4.78 is 5.81. The minimum Gasteiger partial charge on any atom is -0.373 e. The molecule has 0 amide bonds. The van der Waals surface area contributed by atoms with Gasteiger partial charge in [0.05, 0.1) is 12.7 Å². The maximum atomic E-state index is 5.81. The fourth-order valence-corrected chi connectivity index (χ4v) is 2.77. The van der Waals surface area contributed by atoms with Gasteiger partial charge in [-0.25, -0.2) is 0 Å². The minimum atomic E-state index is 0.464. The Balaban J connectivity index is 1.70. The molecule has 1 aliphatic rings. The van der Waals surface area contributed by atoms with E-state index < -0.39 is 0 Å². The zero-order valence-corrected chi connectivity index (χ0v) is 10.1. The molecule has 3 heteroatoms.